The van der Waals surface area contributed by atoms with Crippen molar-refractivity contribution in [3.63, 3.8) is 0 Å². The van der Waals surface area contributed by atoms with Gasteiger partial charge in [-0.05, 0) is 0 Å². The number of halogens is 2. The van der Waals surface area contributed by atoms with Crippen LogP contribution < -0.4 is 0 Å². The summed E-state index contributed by atoms with van der Waals surface area (Å²) in [5.41, 5.74) is 0.624. The molecule has 0 atom stereocenters. The first-order valence-corrected chi connectivity index (χ1v) is 4.14. The summed E-state index contributed by atoms with van der Waals surface area (Å²) in [5.74, 6) is 0. The largest absolute Gasteiger partial charge is 0.300 e. The van der Waals surface area contributed by atoms with Crippen molar-refractivity contribution in [1.29, 1.82) is 0 Å². The second kappa shape index (κ2) is 5.57. The minimum absolute atomic E-state index is 0. The minimum atomic E-state index is 0. The van der Waals surface area contributed by atoms with Crippen LogP contribution in [0.3, 0.4) is 0 Å². The van der Waals surface area contributed by atoms with Gasteiger partial charge in [0, 0.05) is 32.7 Å². The molecule has 0 saturated carbocycles. The summed E-state index contributed by atoms with van der Waals surface area (Å²) in [5, 5.41) is 0. The van der Waals surface area contributed by atoms with Crippen LogP contribution in [-0.4, -0.2) is 6.29 Å². The van der Waals surface area contributed by atoms with Crippen LogP contribution in [0.5, 0.6) is 0 Å². The number of rotatable bonds is 1. The van der Waals surface area contributed by atoms with Crippen LogP contribution in [0, 0.1) is 6.07 Å². The van der Waals surface area contributed by atoms with Crippen LogP contribution in [0.2, 0.25) is 0 Å². The van der Waals surface area contributed by atoms with Gasteiger partial charge in [0.25, 0.3) is 0 Å². The standard InChI is InChI=1S/C7H3Br2O.Y/c8-6-2-1-3-7(9)5(6)4-10;/h2-4H;/q-1;. The van der Waals surface area contributed by atoms with E-state index in [0.29, 0.717) is 5.56 Å². The van der Waals surface area contributed by atoms with E-state index in [0.717, 1.165) is 15.2 Å². The van der Waals surface area contributed by atoms with E-state index in [1.165, 1.54) is 0 Å². The fraction of sp³-hybridized carbons (Fsp3) is 0. The van der Waals surface area contributed by atoms with Crippen LogP contribution in [-0.2, 0) is 32.7 Å². The predicted octanol–water partition coefficient (Wildman–Crippen LogP) is 2.82. The third kappa shape index (κ3) is 3.06. The van der Waals surface area contributed by atoms with Crippen molar-refractivity contribution in [1.82, 2.24) is 0 Å². The van der Waals surface area contributed by atoms with E-state index in [-0.39, 0.29) is 32.7 Å². The molecule has 0 unspecified atom stereocenters. The van der Waals surface area contributed by atoms with E-state index in [2.05, 4.69) is 37.9 Å². The predicted molar refractivity (Wildman–Crippen MR) is 46.1 cm³/mol. The van der Waals surface area contributed by atoms with Gasteiger partial charge in [-0.1, -0.05) is 14.5 Å². The normalized spacial score (nSPS) is 8.55. The topological polar surface area (TPSA) is 17.1 Å². The monoisotopic (exact) mass is 350 g/mol. The molecule has 1 radical (unpaired) electrons. The van der Waals surface area contributed by atoms with Gasteiger partial charge in [-0.25, -0.2) is 0 Å². The van der Waals surface area contributed by atoms with E-state index in [1.807, 2.05) is 0 Å². The van der Waals surface area contributed by atoms with Gasteiger partial charge in [-0.15, -0.1) is 31.9 Å². The minimum Gasteiger partial charge on any atom is -0.300 e. The molecule has 0 bridgehead atoms. The number of benzene rings is 1. The first-order valence-electron chi connectivity index (χ1n) is 2.56. The Labute approximate surface area is 107 Å². The van der Waals surface area contributed by atoms with Gasteiger partial charge in [-0.3, -0.25) is 0 Å². The molecule has 4 heteroatoms. The summed E-state index contributed by atoms with van der Waals surface area (Å²) in [6.07, 6.45) is 0.794. The Hall–Kier alpha value is 0.954. The molecule has 1 rings (SSSR count). The zero-order valence-corrected chi connectivity index (χ0v) is 11.5. The van der Waals surface area contributed by atoms with E-state index in [9.17, 15) is 4.79 Å². The molecule has 1 aromatic rings. The van der Waals surface area contributed by atoms with Gasteiger partial charge < -0.3 is 4.79 Å². The van der Waals surface area contributed by atoms with Gasteiger partial charge >= 0.3 is 0 Å². The Bertz CT molecular complexity index is 242. The smallest absolute Gasteiger partial charge is 0.128 e. The third-order valence-corrected chi connectivity index (χ3v) is 2.36. The van der Waals surface area contributed by atoms with Crippen molar-refractivity contribution in [3.8, 4) is 0 Å². The summed E-state index contributed by atoms with van der Waals surface area (Å²) < 4.78 is 1.52. The zero-order chi connectivity index (χ0) is 7.56. The van der Waals surface area contributed by atoms with Gasteiger partial charge in [0.15, 0.2) is 0 Å². The second-order valence-corrected chi connectivity index (χ2v) is 3.39. The van der Waals surface area contributed by atoms with Crippen LogP contribution in [0.4, 0.5) is 0 Å². The van der Waals surface area contributed by atoms with Crippen molar-refractivity contribution in [2.45, 2.75) is 0 Å². The quantitative estimate of drug-likeness (QED) is 0.561. The van der Waals surface area contributed by atoms with Crippen LogP contribution in [0.1, 0.15) is 10.4 Å². The molecule has 0 N–H and O–H groups in total. The van der Waals surface area contributed by atoms with Crippen molar-refractivity contribution in [3.05, 3.63) is 32.7 Å². The molecule has 0 saturated heterocycles. The Morgan fingerprint density at radius 3 is 2.00 bits per heavy atom. The third-order valence-electron chi connectivity index (χ3n) is 1.05. The molecular formula is C7H3Br2OY-. The fourth-order valence-electron chi connectivity index (χ4n) is 0.570. The number of hydrogen-bond donors (Lipinski definition) is 0. The van der Waals surface area contributed by atoms with Crippen molar-refractivity contribution < 1.29 is 37.5 Å². The molecule has 0 aliphatic heterocycles. The van der Waals surface area contributed by atoms with Crippen molar-refractivity contribution >= 4 is 38.1 Å². The van der Waals surface area contributed by atoms with Crippen LogP contribution >= 0.6 is 31.9 Å². The van der Waals surface area contributed by atoms with Crippen molar-refractivity contribution in [2.75, 3.05) is 0 Å². The molecule has 11 heavy (non-hydrogen) atoms. The van der Waals surface area contributed by atoms with Gasteiger partial charge in [0.1, 0.15) is 6.29 Å². The first kappa shape index (κ1) is 12.0. The Kier molecular flexibility index (Phi) is 6.06. The maximum absolute atomic E-state index is 10.4. The average Bonchev–Trinajstić information content (AvgIpc) is 1.88. The molecule has 0 fully saturated rings. The first-order chi connectivity index (χ1) is 4.75. The Balaban J connectivity index is 0.000001000. The molecule has 1 nitrogen and oxygen atoms in total. The van der Waals surface area contributed by atoms with E-state index in [1.54, 1.807) is 12.1 Å². The Morgan fingerprint density at radius 2 is 1.73 bits per heavy atom. The van der Waals surface area contributed by atoms with E-state index < -0.39 is 0 Å². The van der Waals surface area contributed by atoms with Crippen LogP contribution in [0.25, 0.3) is 0 Å². The molecule has 55 valence electrons. The number of hydrogen-bond acceptors (Lipinski definition) is 1. The van der Waals surface area contributed by atoms with Gasteiger partial charge in [0.05, 0.1) is 0 Å². The van der Waals surface area contributed by atoms with Crippen LogP contribution in [0.15, 0.2) is 21.1 Å². The molecule has 0 aromatic heterocycles. The average molecular weight is 352 g/mol. The van der Waals surface area contributed by atoms with E-state index in [4.69, 9.17) is 0 Å². The second-order valence-electron chi connectivity index (χ2n) is 1.68. The molecule has 0 aliphatic rings. The van der Waals surface area contributed by atoms with E-state index >= 15 is 0 Å². The molecular weight excluding hydrogens is 349 g/mol. The molecule has 0 aliphatic carbocycles. The summed E-state index contributed by atoms with van der Waals surface area (Å²) in [6.45, 7) is 0. The maximum atomic E-state index is 10.4. The summed E-state index contributed by atoms with van der Waals surface area (Å²) in [6, 6.07) is 6.26. The summed E-state index contributed by atoms with van der Waals surface area (Å²) in [4.78, 5) is 10.4. The number of carbonyl (C=O) groups is 1. The van der Waals surface area contributed by atoms with Gasteiger partial charge in [0.2, 0.25) is 0 Å². The number of aldehydes is 1. The molecule has 1 aromatic carbocycles. The molecule has 0 amide bonds. The zero-order valence-electron chi connectivity index (χ0n) is 5.47. The Morgan fingerprint density at radius 1 is 1.27 bits per heavy atom. The fourth-order valence-corrected chi connectivity index (χ4v) is 1.71. The number of carbonyl (C=O) groups excluding carboxylic acids is 1. The van der Waals surface area contributed by atoms with Gasteiger partial charge in [-0.2, -0.15) is 18.2 Å². The summed E-state index contributed by atoms with van der Waals surface area (Å²) in [7, 11) is 0. The SMILES string of the molecule is O=Cc1c(Br)c[c-]cc1Br.[Y]. The summed E-state index contributed by atoms with van der Waals surface area (Å²) >= 11 is 6.43. The van der Waals surface area contributed by atoms with Crippen molar-refractivity contribution in [2.24, 2.45) is 0 Å². The molecule has 0 spiro atoms. The molecule has 0 heterocycles. The maximum Gasteiger partial charge on any atom is 0.128 e.